The molecule has 120 valence electrons. The van der Waals surface area contributed by atoms with Gasteiger partial charge in [0.05, 0.1) is 11.5 Å². The Hall–Kier alpha value is -1.35. The van der Waals surface area contributed by atoms with Crippen molar-refractivity contribution < 1.29 is 23.0 Å². The Morgan fingerprint density at radius 2 is 1.91 bits per heavy atom. The Bertz CT molecular complexity index is 822. The highest BCUT2D eigenvalue weighted by Crippen LogP contribution is 2.36. The number of aliphatic hydroxyl groups is 2. The molecule has 23 heavy (non-hydrogen) atoms. The third kappa shape index (κ3) is 4.35. The zero-order chi connectivity index (χ0) is 17.2. The molecule has 2 rings (SSSR count). The molecule has 0 aromatic heterocycles. The summed E-state index contributed by atoms with van der Waals surface area (Å²) in [7, 11) is 2.03. The van der Waals surface area contributed by atoms with E-state index in [1.807, 2.05) is 0 Å². The van der Waals surface area contributed by atoms with E-state index in [9.17, 15) is 23.0 Å². The second kappa shape index (κ2) is 7.04. The molecule has 0 saturated heterocycles. The second-order valence-corrected chi connectivity index (χ2v) is 8.03. The summed E-state index contributed by atoms with van der Waals surface area (Å²) in [5.74, 6) is -0.541. The van der Waals surface area contributed by atoms with Gasteiger partial charge in [-0.25, -0.2) is 12.8 Å². The van der Waals surface area contributed by atoms with Gasteiger partial charge in [-0.2, -0.15) is 0 Å². The summed E-state index contributed by atoms with van der Waals surface area (Å²) in [6.07, 6.45) is 1.09. The number of benzene rings is 2. The van der Waals surface area contributed by atoms with Gasteiger partial charge in [-0.05, 0) is 41.5 Å². The van der Waals surface area contributed by atoms with E-state index >= 15 is 0 Å². The van der Waals surface area contributed by atoms with Gasteiger partial charge in [0, 0.05) is 22.1 Å². The van der Waals surface area contributed by atoms with Crippen molar-refractivity contribution in [3.8, 4) is 0 Å². The van der Waals surface area contributed by atoms with E-state index < -0.39 is 21.7 Å². The van der Waals surface area contributed by atoms with Crippen LogP contribution in [-0.2, 0) is 16.4 Å². The first kappa shape index (κ1) is 18.0. The SMILES string of the molecule is [B]C(O)c1cc(F)ccc1Sc1cc(S(C)(=O)=O)ccc1CO. The van der Waals surface area contributed by atoms with Crippen LogP contribution in [0.15, 0.2) is 51.1 Å². The average molecular weight is 352 g/mol. The van der Waals surface area contributed by atoms with Crippen LogP contribution in [0.4, 0.5) is 4.39 Å². The van der Waals surface area contributed by atoms with Crippen molar-refractivity contribution in [3.63, 3.8) is 0 Å². The van der Waals surface area contributed by atoms with Crippen LogP contribution < -0.4 is 0 Å². The predicted octanol–water partition coefficient (Wildman–Crippen LogP) is 2.03. The largest absolute Gasteiger partial charge is 0.398 e. The number of rotatable bonds is 5. The maximum absolute atomic E-state index is 13.3. The second-order valence-electron chi connectivity index (χ2n) is 4.93. The number of hydrogen-bond acceptors (Lipinski definition) is 5. The number of halogens is 1. The standard InChI is InChI=1S/C15H14BFO4S2/c1-23(20,21)11-4-2-9(8-18)14(7-11)22-13-5-3-10(17)6-12(13)15(16)19/h2-7,15,18-19H,8H2,1H3. The van der Waals surface area contributed by atoms with Gasteiger partial charge >= 0.3 is 0 Å². The fourth-order valence-corrected chi connectivity index (χ4v) is 3.79. The minimum atomic E-state index is -3.40. The molecule has 0 heterocycles. The van der Waals surface area contributed by atoms with Crippen LogP contribution >= 0.6 is 11.8 Å². The predicted molar refractivity (Wildman–Crippen MR) is 86.7 cm³/mol. The fourth-order valence-electron chi connectivity index (χ4n) is 1.95. The molecule has 2 radical (unpaired) electrons. The molecule has 0 aliphatic heterocycles. The van der Waals surface area contributed by atoms with Gasteiger partial charge < -0.3 is 10.2 Å². The first-order valence-electron chi connectivity index (χ1n) is 6.57. The lowest BCUT2D eigenvalue weighted by Gasteiger charge is -2.14. The molecule has 2 aromatic rings. The Balaban J connectivity index is 2.51. The Morgan fingerprint density at radius 3 is 2.48 bits per heavy atom. The van der Waals surface area contributed by atoms with Crippen LogP contribution in [0.3, 0.4) is 0 Å². The number of sulfone groups is 1. The summed E-state index contributed by atoms with van der Waals surface area (Å²) in [5.41, 5.74) is 0.702. The van der Waals surface area contributed by atoms with E-state index in [1.165, 1.54) is 30.3 Å². The number of aliphatic hydroxyl groups excluding tert-OH is 2. The van der Waals surface area contributed by atoms with Gasteiger partial charge in [0.2, 0.25) is 0 Å². The van der Waals surface area contributed by atoms with Crippen molar-refractivity contribution in [2.75, 3.05) is 6.26 Å². The summed E-state index contributed by atoms with van der Waals surface area (Å²) < 4.78 is 36.7. The summed E-state index contributed by atoms with van der Waals surface area (Å²) >= 11 is 1.10. The van der Waals surface area contributed by atoms with E-state index in [1.54, 1.807) is 0 Å². The number of hydrogen-bond donors (Lipinski definition) is 2. The molecule has 0 aliphatic carbocycles. The summed E-state index contributed by atoms with van der Waals surface area (Å²) in [6.45, 7) is -0.284. The van der Waals surface area contributed by atoms with Gasteiger partial charge in [-0.3, -0.25) is 0 Å². The van der Waals surface area contributed by atoms with Gasteiger partial charge in [-0.15, -0.1) is 0 Å². The van der Waals surface area contributed by atoms with Crippen LogP contribution in [0.25, 0.3) is 0 Å². The van der Waals surface area contributed by atoms with Crippen LogP contribution in [0.5, 0.6) is 0 Å². The monoisotopic (exact) mass is 352 g/mol. The van der Waals surface area contributed by atoms with Gasteiger partial charge in [-0.1, -0.05) is 17.8 Å². The Morgan fingerprint density at radius 1 is 1.22 bits per heavy atom. The zero-order valence-electron chi connectivity index (χ0n) is 12.2. The first-order valence-corrected chi connectivity index (χ1v) is 9.28. The maximum Gasteiger partial charge on any atom is 0.175 e. The quantitative estimate of drug-likeness (QED) is 0.806. The molecule has 0 bridgehead atoms. The Labute approximate surface area is 139 Å². The highest BCUT2D eigenvalue weighted by Gasteiger charge is 2.15. The van der Waals surface area contributed by atoms with E-state index in [0.29, 0.717) is 15.4 Å². The lowest BCUT2D eigenvalue weighted by atomic mass is 9.92. The van der Waals surface area contributed by atoms with Crippen molar-refractivity contribution in [1.29, 1.82) is 0 Å². The zero-order valence-corrected chi connectivity index (χ0v) is 13.9. The molecule has 0 aliphatic rings. The van der Waals surface area contributed by atoms with Crippen LogP contribution in [0, 0.1) is 5.82 Å². The third-order valence-electron chi connectivity index (χ3n) is 3.15. The van der Waals surface area contributed by atoms with Crippen molar-refractivity contribution in [1.82, 2.24) is 0 Å². The summed E-state index contributed by atoms with van der Waals surface area (Å²) in [5, 5.41) is 19.0. The van der Waals surface area contributed by atoms with Crippen molar-refractivity contribution >= 4 is 29.4 Å². The molecule has 0 spiro atoms. The van der Waals surface area contributed by atoms with Crippen LogP contribution in [-0.4, -0.2) is 32.7 Å². The minimum absolute atomic E-state index is 0.106. The molecule has 1 atom stereocenters. The molecule has 1 unspecified atom stereocenters. The minimum Gasteiger partial charge on any atom is -0.398 e. The van der Waals surface area contributed by atoms with Gasteiger partial charge in [0.1, 0.15) is 13.7 Å². The molecular formula is C15H14BFO4S2. The highest BCUT2D eigenvalue weighted by atomic mass is 32.2. The van der Waals surface area contributed by atoms with E-state index in [0.717, 1.165) is 24.1 Å². The maximum atomic E-state index is 13.3. The molecule has 0 saturated carbocycles. The summed E-state index contributed by atoms with van der Waals surface area (Å²) in [4.78, 5) is 1.07. The molecule has 2 aromatic carbocycles. The smallest absolute Gasteiger partial charge is 0.175 e. The molecular weight excluding hydrogens is 338 g/mol. The molecule has 4 nitrogen and oxygen atoms in total. The first-order chi connectivity index (χ1) is 10.7. The molecule has 0 fully saturated rings. The normalized spacial score (nSPS) is 13.0. The van der Waals surface area contributed by atoms with Gasteiger partial charge in [0.15, 0.2) is 9.84 Å². The van der Waals surface area contributed by atoms with Gasteiger partial charge in [0.25, 0.3) is 0 Å². The van der Waals surface area contributed by atoms with E-state index in [4.69, 9.17) is 7.85 Å². The lowest BCUT2D eigenvalue weighted by Crippen LogP contribution is -2.01. The molecule has 8 heteroatoms. The highest BCUT2D eigenvalue weighted by molar-refractivity contribution is 7.99. The van der Waals surface area contributed by atoms with Crippen LogP contribution in [0.2, 0.25) is 0 Å². The lowest BCUT2D eigenvalue weighted by molar-refractivity contribution is 0.258. The molecule has 0 amide bonds. The van der Waals surface area contributed by atoms with E-state index in [-0.39, 0.29) is 17.1 Å². The topological polar surface area (TPSA) is 74.6 Å². The third-order valence-corrected chi connectivity index (χ3v) is 5.45. The Kier molecular flexibility index (Phi) is 5.51. The average Bonchev–Trinajstić information content (AvgIpc) is 2.47. The van der Waals surface area contributed by atoms with Crippen molar-refractivity contribution in [2.24, 2.45) is 0 Å². The van der Waals surface area contributed by atoms with E-state index in [2.05, 4.69) is 0 Å². The molecule has 2 N–H and O–H groups in total. The van der Waals surface area contributed by atoms with Crippen molar-refractivity contribution in [2.45, 2.75) is 27.3 Å². The van der Waals surface area contributed by atoms with Crippen molar-refractivity contribution in [3.05, 3.63) is 53.3 Å². The summed E-state index contributed by atoms with van der Waals surface area (Å²) in [6, 6.07) is 6.76. The van der Waals surface area contributed by atoms with Crippen LogP contribution in [0.1, 0.15) is 17.1 Å². The fraction of sp³-hybridized carbons (Fsp3) is 0.200.